The highest BCUT2D eigenvalue weighted by Crippen LogP contribution is 2.38. The molecule has 1 unspecified atom stereocenters. The SMILES string of the molecule is Cc1nc(CN2CCN(C(=O)CC3Sc4ccc(Cl)cc4NC3=O)CC2)cs1. The van der Waals surface area contributed by atoms with E-state index in [0.717, 1.165) is 40.9 Å². The quantitative estimate of drug-likeness (QED) is 0.796. The van der Waals surface area contributed by atoms with Crippen molar-refractivity contribution < 1.29 is 9.59 Å². The fraction of sp³-hybridized carbons (Fsp3) is 0.421. The Bertz CT molecular complexity index is 896. The summed E-state index contributed by atoms with van der Waals surface area (Å²) in [6, 6.07) is 5.42. The van der Waals surface area contributed by atoms with Gasteiger partial charge in [-0.3, -0.25) is 14.5 Å². The topological polar surface area (TPSA) is 65.5 Å². The molecule has 0 aliphatic carbocycles. The van der Waals surface area contributed by atoms with Gasteiger partial charge in [-0.05, 0) is 25.1 Å². The second-order valence-electron chi connectivity index (χ2n) is 6.96. The Morgan fingerprint density at radius 1 is 1.32 bits per heavy atom. The van der Waals surface area contributed by atoms with Crippen molar-refractivity contribution in [1.82, 2.24) is 14.8 Å². The second-order valence-corrected chi connectivity index (χ2v) is 9.70. The molecule has 148 valence electrons. The van der Waals surface area contributed by atoms with Gasteiger partial charge in [-0.15, -0.1) is 23.1 Å². The number of halogens is 1. The third-order valence-electron chi connectivity index (χ3n) is 4.90. The maximum Gasteiger partial charge on any atom is 0.238 e. The highest BCUT2D eigenvalue weighted by molar-refractivity contribution is 8.01. The molecular weight excluding hydrogens is 416 g/mol. The minimum Gasteiger partial charge on any atom is -0.340 e. The van der Waals surface area contributed by atoms with E-state index in [0.29, 0.717) is 18.1 Å². The predicted octanol–water partition coefficient (Wildman–Crippen LogP) is 3.25. The summed E-state index contributed by atoms with van der Waals surface area (Å²) < 4.78 is 0. The van der Waals surface area contributed by atoms with Gasteiger partial charge < -0.3 is 10.2 Å². The molecule has 1 atom stereocenters. The molecule has 3 heterocycles. The molecule has 0 bridgehead atoms. The van der Waals surface area contributed by atoms with Gasteiger partial charge in [0.25, 0.3) is 0 Å². The van der Waals surface area contributed by atoms with Crippen LogP contribution in [0, 0.1) is 6.92 Å². The van der Waals surface area contributed by atoms with Crippen molar-refractivity contribution in [3.63, 3.8) is 0 Å². The molecular formula is C19H21ClN4O2S2. The normalized spacial score (nSPS) is 20.0. The zero-order valence-electron chi connectivity index (χ0n) is 15.5. The highest BCUT2D eigenvalue weighted by Gasteiger charge is 2.31. The third kappa shape index (κ3) is 4.51. The number of anilines is 1. The van der Waals surface area contributed by atoms with Crippen LogP contribution in [0.5, 0.6) is 0 Å². The zero-order chi connectivity index (χ0) is 19.7. The van der Waals surface area contributed by atoms with Crippen molar-refractivity contribution in [2.75, 3.05) is 31.5 Å². The maximum atomic E-state index is 12.7. The summed E-state index contributed by atoms with van der Waals surface area (Å²) in [5, 5.41) is 6.22. The Kier molecular flexibility index (Phi) is 5.91. The monoisotopic (exact) mass is 436 g/mol. The molecule has 0 radical (unpaired) electrons. The summed E-state index contributed by atoms with van der Waals surface area (Å²) >= 11 is 9.08. The molecule has 28 heavy (non-hydrogen) atoms. The van der Waals surface area contributed by atoms with Gasteiger partial charge >= 0.3 is 0 Å². The van der Waals surface area contributed by atoms with Crippen LogP contribution < -0.4 is 5.32 Å². The standard InChI is InChI=1S/C19H21ClN4O2S2/c1-12-21-14(11-27-12)10-23-4-6-24(7-5-23)18(25)9-17-19(26)22-15-8-13(20)2-3-16(15)28-17/h2-3,8,11,17H,4-7,9-10H2,1H3,(H,22,26). The summed E-state index contributed by atoms with van der Waals surface area (Å²) in [7, 11) is 0. The van der Waals surface area contributed by atoms with Crippen molar-refractivity contribution >= 4 is 52.2 Å². The van der Waals surface area contributed by atoms with Crippen molar-refractivity contribution in [3.05, 3.63) is 39.3 Å². The largest absolute Gasteiger partial charge is 0.340 e. The number of rotatable bonds is 4. The predicted molar refractivity (Wildman–Crippen MR) is 113 cm³/mol. The number of nitrogens with zero attached hydrogens (tertiary/aromatic N) is 3. The average Bonchev–Trinajstić information content (AvgIpc) is 3.08. The lowest BCUT2D eigenvalue weighted by atomic mass is 10.2. The van der Waals surface area contributed by atoms with E-state index in [1.54, 1.807) is 23.5 Å². The number of carbonyl (C=O) groups excluding carboxylic acids is 2. The summed E-state index contributed by atoms with van der Waals surface area (Å²) in [4.78, 5) is 34.8. The molecule has 0 spiro atoms. The first kappa shape index (κ1) is 19.7. The van der Waals surface area contributed by atoms with Crippen LogP contribution in [0.2, 0.25) is 5.02 Å². The Morgan fingerprint density at radius 3 is 2.82 bits per heavy atom. The van der Waals surface area contributed by atoms with Crippen molar-refractivity contribution in [2.45, 2.75) is 30.0 Å². The van der Waals surface area contributed by atoms with Gasteiger partial charge in [0, 0.05) is 54.4 Å². The number of piperazine rings is 1. The van der Waals surface area contributed by atoms with Gasteiger partial charge in [-0.1, -0.05) is 11.6 Å². The number of fused-ring (bicyclic) bond motifs is 1. The number of nitrogens with one attached hydrogen (secondary N) is 1. The first-order chi connectivity index (χ1) is 13.5. The number of amides is 2. The minimum atomic E-state index is -0.405. The number of aryl methyl sites for hydroxylation is 1. The third-order valence-corrected chi connectivity index (χ3v) is 7.23. The molecule has 1 saturated heterocycles. The van der Waals surface area contributed by atoms with Gasteiger partial charge in [-0.2, -0.15) is 0 Å². The van der Waals surface area contributed by atoms with Gasteiger partial charge in [-0.25, -0.2) is 4.98 Å². The van der Waals surface area contributed by atoms with E-state index >= 15 is 0 Å². The van der Waals surface area contributed by atoms with Crippen LogP contribution in [0.25, 0.3) is 0 Å². The number of hydrogen-bond donors (Lipinski definition) is 1. The fourth-order valence-corrected chi connectivity index (χ4v) is 5.27. The summed E-state index contributed by atoms with van der Waals surface area (Å²) in [5.41, 5.74) is 1.81. The molecule has 6 nitrogen and oxygen atoms in total. The molecule has 1 aromatic heterocycles. The number of carbonyl (C=O) groups is 2. The number of aromatic nitrogens is 1. The molecule has 2 aromatic rings. The number of thioether (sulfide) groups is 1. The summed E-state index contributed by atoms with van der Waals surface area (Å²) in [6.07, 6.45) is 0.212. The Balaban J connectivity index is 1.30. The van der Waals surface area contributed by atoms with E-state index in [1.807, 2.05) is 17.9 Å². The van der Waals surface area contributed by atoms with E-state index in [9.17, 15) is 9.59 Å². The van der Waals surface area contributed by atoms with E-state index in [-0.39, 0.29) is 18.2 Å². The summed E-state index contributed by atoms with van der Waals surface area (Å²) in [5.74, 6) is -0.0973. The van der Waals surface area contributed by atoms with Crippen LogP contribution in [0.3, 0.4) is 0 Å². The van der Waals surface area contributed by atoms with Gasteiger partial charge in [0.1, 0.15) is 0 Å². The van der Waals surface area contributed by atoms with Crippen LogP contribution in [-0.4, -0.2) is 58.0 Å². The molecule has 2 aliphatic heterocycles. The molecule has 1 N–H and O–H groups in total. The number of benzene rings is 1. The Morgan fingerprint density at radius 2 is 2.11 bits per heavy atom. The van der Waals surface area contributed by atoms with Crippen molar-refractivity contribution in [3.8, 4) is 0 Å². The molecule has 1 aromatic carbocycles. The van der Waals surface area contributed by atoms with Crippen LogP contribution in [0.15, 0.2) is 28.5 Å². The Labute approximate surface area is 177 Å². The second kappa shape index (κ2) is 8.41. The zero-order valence-corrected chi connectivity index (χ0v) is 17.9. The summed E-state index contributed by atoms with van der Waals surface area (Å²) in [6.45, 7) is 5.87. The smallest absolute Gasteiger partial charge is 0.238 e. The lowest BCUT2D eigenvalue weighted by Crippen LogP contribution is -2.49. The number of thiazole rings is 1. The highest BCUT2D eigenvalue weighted by atomic mass is 35.5. The molecule has 2 amide bonds. The maximum absolute atomic E-state index is 12.7. The van der Waals surface area contributed by atoms with E-state index in [1.165, 1.54) is 11.8 Å². The molecule has 1 fully saturated rings. The molecule has 0 saturated carbocycles. The first-order valence-corrected chi connectivity index (χ1v) is 11.3. The van der Waals surface area contributed by atoms with E-state index in [4.69, 9.17) is 11.6 Å². The number of hydrogen-bond acceptors (Lipinski definition) is 6. The Hall–Kier alpha value is -1.61. The minimum absolute atomic E-state index is 0.0363. The van der Waals surface area contributed by atoms with Crippen LogP contribution in [0.1, 0.15) is 17.1 Å². The van der Waals surface area contributed by atoms with Crippen molar-refractivity contribution in [2.24, 2.45) is 0 Å². The molecule has 2 aliphatic rings. The van der Waals surface area contributed by atoms with Crippen molar-refractivity contribution in [1.29, 1.82) is 0 Å². The first-order valence-electron chi connectivity index (χ1n) is 9.16. The molecule has 4 rings (SSSR count). The van der Waals surface area contributed by atoms with Crippen LogP contribution >= 0.6 is 34.7 Å². The van der Waals surface area contributed by atoms with Crippen LogP contribution in [0.4, 0.5) is 5.69 Å². The lowest BCUT2D eigenvalue weighted by molar-refractivity contribution is -0.134. The lowest BCUT2D eigenvalue weighted by Gasteiger charge is -2.35. The van der Waals surface area contributed by atoms with Gasteiger partial charge in [0.15, 0.2) is 0 Å². The van der Waals surface area contributed by atoms with E-state index < -0.39 is 5.25 Å². The van der Waals surface area contributed by atoms with E-state index in [2.05, 4.69) is 20.6 Å². The van der Waals surface area contributed by atoms with Crippen LogP contribution in [-0.2, 0) is 16.1 Å². The van der Waals surface area contributed by atoms with Gasteiger partial charge in [0.05, 0.1) is 21.6 Å². The average molecular weight is 437 g/mol. The molecule has 9 heteroatoms. The van der Waals surface area contributed by atoms with Gasteiger partial charge in [0.2, 0.25) is 11.8 Å². The fourth-order valence-electron chi connectivity index (χ4n) is 3.41.